The molecule has 0 aliphatic heterocycles. The minimum atomic E-state index is -2.38. The number of carbonyl (C=O) groups is 2. The summed E-state index contributed by atoms with van der Waals surface area (Å²) < 4.78 is 6.42. The second kappa shape index (κ2) is 13.2. The summed E-state index contributed by atoms with van der Waals surface area (Å²) in [6.45, 7) is 2.72. The molecule has 0 N–H and O–H groups in total. The molecular weight excluding hydrogens is 547 g/mol. The Kier molecular flexibility index (Phi) is 9.00. The number of carbonyl (C=O) groups excluding carboxylic acids is 2. The Morgan fingerprint density at radius 2 is 1.12 bits per heavy atom. The van der Waals surface area contributed by atoms with E-state index < -0.39 is 7.26 Å². The first-order valence-electron chi connectivity index (χ1n) is 15.8. The maximum absolute atomic E-state index is 13.7. The van der Waals surface area contributed by atoms with Gasteiger partial charge in [0.15, 0.2) is 0 Å². The number of rotatable bonds is 10. The molecule has 1 saturated carbocycles. The summed E-state index contributed by atoms with van der Waals surface area (Å²) in [6, 6.07) is 40.2. The van der Waals surface area contributed by atoms with E-state index in [1.165, 1.54) is 22.3 Å². The Morgan fingerprint density at radius 3 is 1.63 bits per heavy atom. The average Bonchev–Trinajstić information content (AvgIpc) is 3.07. The van der Waals surface area contributed by atoms with Crippen molar-refractivity contribution in [3.8, 4) is 0 Å². The van der Waals surface area contributed by atoms with Gasteiger partial charge in [-0.15, -0.1) is 0 Å². The first-order chi connectivity index (χ1) is 21.1. The molecule has 1 unspecified atom stereocenters. The molecule has 0 amide bonds. The number of fused-ring (bicyclic) bond motifs is 1. The zero-order valence-corrected chi connectivity index (χ0v) is 26.0. The average molecular weight is 589 g/mol. The van der Waals surface area contributed by atoms with Gasteiger partial charge in [-0.2, -0.15) is 0 Å². The fraction of sp³-hybridized carbons (Fsp3) is 0.282. The van der Waals surface area contributed by atoms with Crippen molar-refractivity contribution in [3.05, 3.63) is 138 Å². The van der Waals surface area contributed by atoms with Gasteiger partial charge in [0, 0.05) is 0 Å². The Balaban J connectivity index is 1.29. The molecule has 4 aromatic carbocycles. The fourth-order valence-electron chi connectivity index (χ4n) is 7.29. The Morgan fingerprint density at radius 1 is 0.651 bits per heavy atom. The third-order valence-electron chi connectivity index (χ3n) is 9.44. The van der Waals surface area contributed by atoms with Crippen LogP contribution in [0, 0.1) is 11.8 Å². The van der Waals surface area contributed by atoms with Gasteiger partial charge in [-0.05, 0) is 0 Å². The number of ketones is 2. The first kappa shape index (κ1) is 29.3. The third kappa shape index (κ3) is 5.89. The van der Waals surface area contributed by atoms with Crippen molar-refractivity contribution < 1.29 is 14.3 Å². The molecular formula is C39H41O3P. The van der Waals surface area contributed by atoms with Crippen LogP contribution in [0.25, 0.3) is 0 Å². The second-order valence-corrected chi connectivity index (χ2v) is 16.2. The molecule has 0 spiro atoms. The van der Waals surface area contributed by atoms with E-state index >= 15 is 0 Å². The minimum absolute atomic E-state index is 0.0196. The van der Waals surface area contributed by atoms with E-state index in [1.54, 1.807) is 12.1 Å². The molecule has 4 aromatic rings. The summed E-state index contributed by atoms with van der Waals surface area (Å²) in [5, 5.41) is 4.19. The number of hydrogen-bond acceptors (Lipinski definition) is 3. The van der Waals surface area contributed by atoms with Crippen molar-refractivity contribution >= 4 is 34.7 Å². The Hall–Kier alpha value is -3.81. The number of Topliss-reactive ketones (excluding diaryl/α,β-unsaturated/α-hetero) is 2. The van der Waals surface area contributed by atoms with E-state index in [2.05, 4.69) is 97.9 Å². The van der Waals surface area contributed by atoms with Crippen molar-refractivity contribution in [1.29, 1.82) is 0 Å². The van der Waals surface area contributed by atoms with Gasteiger partial charge in [0.25, 0.3) is 0 Å². The summed E-state index contributed by atoms with van der Waals surface area (Å²) >= 11 is 0. The van der Waals surface area contributed by atoms with Gasteiger partial charge in [-0.3, -0.25) is 0 Å². The summed E-state index contributed by atoms with van der Waals surface area (Å²) in [5.74, 6) is 0.576. The number of hydrogen-bond donors (Lipinski definition) is 0. The van der Waals surface area contributed by atoms with E-state index in [-0.39, 0.29) is 17.5 Å². The van der Waals surface area contributed by atoms with Gasteiger partial charge in [-0.1, -0.05) is 0 Å². The second-order valence-electron chi connectivity index (χ2n) is 12.2. The number of allylic oxidation sites excluding steroid dienone is 2. The van der Waals surface area contributed by atoms with Crippen LogP contribution in [0.3, 0.4) is 0 Å². The topological polar surface area (TPSA) is 43.4 Å². The van der Waals surface area contributed by atoms with Crippen molar-refractivity contribution in [3.63, 3.8) is 0 Å². The van der Waals surface area contributed by atoms with Crippen LogP contribution < -0.4 is 15.9 Å². The molecule has 1 fully saturated rings. The molecule has 0 radical (unpaired) electrons. The monoisotopic (exact) mass is 588 g/mol. The Labute approximate surface area is 256 Å². The van der Waals surface area contributed by atoms with Gasteiger partial charge in [-0.25, -0.2) is 0 Å². The summed E-state index contributed by atoms with van der Waals surface area (Å²) in [4.78, 5) is 27.5. The summed E-state index contributed by atoms with van der Waals surface area (Å²) in [6.07, 6.45) is 7.06. The predicted molar refractivity (Wildman–Crippen MR) is 180 cm³/mol. The van der Waals surface area contributed by atoms with Crippen LogP contribution in [0.15, 0.2) is 127 Å². The molecule has 6 rings (SSSR count). The molecule has 0 heterocycles. The van der Waals surface area contributed by atoms with Crippen LogP contribution in [0.4, 0.5) is 0 Å². The predicted octanol–water partition coefficient (Wildman–Crippen LogP) is 7.67. The number of benzene rings is 4. The summed E-state index contributed by atoms with van der Waals surface area (Å²) in [5.41, 5.74) is 1.62. The SMILES string of the molecule is CC(CCOC1=C(C2CCCCC2)C(=O)c2ccccc2C1=O)C[PH](c1ccccc1)(c1ccccc1)c1ccccc1. The van der Waals surface area contributed by atoms with Crippen LogP contribution >= 0.6 is 7.26 Å². The van der Waals surface area contributed by atoms with Crippen molar-refractivity contribution in [2.45, 2.75) is 45.4 Å². The van der Waals surface area contributed by atoms with E-state index in [0.717, 1.165) is 38.3 Å². The van der Waals surface area contributed by atoms with E-state index in [0.29, 0.717) is 35.0 Å². The zero-order valence-electron chi connectivity index (χ0n) is 25.0. The van der Waals surface area contributed by atoms with E-state index in [1.807, 2.05) is 12.1 Å². The van der Waals surface area contributed by atoms with Crippen molar-refractivity contribution in [2.75, 3.05) is 12.8 Å². The van der Waals surface area contributed by atoms with Crippen LogP contribution in [0.5, 0.6) is 0 Å². The van der Waals surface area contributed by atoms with Crippen LogP contribution in [-0.2, 0) is 4.74 Å². The summed E-state index contributed by atoms with van der Waals surface area (Å²) in [7, 11) is -2.38. The van der Waals surface area contributed by atoms with Gasteiger partial charge in [0.1, 0.15) is 0 Å². The standard InChI is InChI=1S/C39H41O3P/c1-29(28-43(31-18-8-3-9-19-31,32-20-10-4-11-21-32)33-22-12-5-13-23-33)26-27-42-39-36(30-16-6-2-7-17-30)37(40)34-24-14-15-25-35(34)38(39)41/h3-5,8-15,18-25,29-30,43H,2,6-7,16-17,26-28H2,1H3. The van der Waals surface area contributed by atoms with Crippen molar-refractivity contribution in [1.82, 2.24) is 0 Å². The van der Waals surface area contributed by atoms with E-state index in [9.17, 15) is 9.59 Å². The fourth-order valence-corrected chi connectivity index (χ4v) is 12.5. The molecule has 1 atom stereocenters. The molecule has 2 aliphatic carbocycles. The van der Waals surface area contributed by atoms with Gasteiger partial charge < -0.3 is 0 Å². The van der Waals surface area contributed by atoms with Crippen LogP contribution in [0.2, 0.25) is 0 Å². The maximum atomic E-state index is 13.7. The molecule has 220 valence electrons. The molecule has 43 heavy (non-hydrogen) atoms. The van der Waals surface area contributed by atoms with Gasteiger partial charge in [0.05, 0.1) is 0 Å². The molecule has 2 aliphatic rings. The Bertz CT molecular complexity index is 1490. The normalized spacial score (nSPS) is 17.0. The van der Waals surface area contributed by atoms with Gasteiger partial charge >= 0.3 is 257 Å². The molecule has 0 saturated heterocycles. The van der Waals surface area contributed by atoms with Crippen LogP contribution in [0.1, 0.15) is 66.2 Å². The molecule has 0 bridgehead atoms. The molecule has 0 aromatic heterocycles. The first-order valence-corrected chi connectivity index (χ1v) is 18.0. The third-order valence-corrected chi connectivity index (χ3v) is 14.7. The van der Waals surface area contributed by atoms with E-state index in [4.69, 9.17) is 4.74 Å². The number of ether oxygens (including phenoxy) is 1. The van der Waals surface area contributed by atoms with Crippen LogP contribution in [-0.4, -0.2) is 24.3 Å². The zero-order chi connectivity index (χ0) is 29.6. The molecule has 3 nitrogen and oxygen atoms in total. The van der Waals surface area contributed by atoms with Crippen molar-refractivity contribution in [2.24, 2.45) is 11.8 Å². The van der Waals surface area contributed by atoms with Gasteiger partial charge in [0.2, 0.25) is 0 Å². The molecule has 4 heteroatoms. The quantitative estimate of drug-likeness (QED) is 0.179.